The van der Waals surface area contributed by atoms with E-state index >= 15 is 0 Å². The molecule has 5 nitrogen and oxygen atoms in total. The van der Waals surface area contributed by atoms with E-state index in [0.717, 1.165) is 31.1 Å². The van der Waals surface area contributed by atoms with Gasteiger partial charge in [-0.05, 0) is 51.7 Å². The van der Waals surface area contributed by atoms with Gasteiger partial charge >= 0.3 is 0 Å². The van der Waals surface area contributed by atoms with Crippen molar-refractivity contribution in [3.63, 3.8) is 0 Å². The summed E-state index contributed by atoms with van der Waals surface area (Å²) in [7, 11) is 0. The van der Waals surface area contributed by atoms with Gasteiger partial charge in [0.1, 0.15) is 12.2 Å². The van der Waals surface area contributed by atoms with Crippen molar-refractivity contribution in [1.82, 2.24) is 25.4 Å². The first kappa shape index (κ1) is 14.5. The molecule has 2 heterocycles. The molecule has 19 heavy (non-hydrogen) atoms. The second-order valence-electron chi connectivity index (χ2n) is 5.57. The summed E-state index contributed by atoms with van der Waals surface area (Å²) in [6.45, 7) is 9.38. The number of piperidine rings is 1. The van der Waals surface area contributed by atoms with E-state index in [1.807, 2.05) is 0 Å². The van der Waals surface area contributed by atoms with Crippen molar-refractivity contribution >= 4 is 0 Å². The first-order valence-electron chi connectivity index (χ1n) is 7.59. The largest absolute Gasteiger partial charge is 0.314 e. The maximum absolute atomic E-state index is 4.14. The average Bonchev–Trinajstić information content (AvgIpc) is 2.96. The first-order chi connectivity index (χ1) is 9.29. The van der Waals surface area contributed by atoms with Gasteiger partial charge in [0.15, 0.2) is 0 Å². The molecule has 1 aromatic heterocycles. The smallest absolute Gasteiger partial charge is 0.137 e. The quantitative estimate of drug-likeness (QED) is 0.733. The minimum atomic E-state index is 0.615. The lowest BCUT2D eigenvalue weighted by atomic mass is 9.91. The van der Waals surface area contributed by atoms with E-state index in [-0.39, 0.29) is 0 Å². The van der Waals surface area contributed by atoms with Gasteiger partial charge in [0, 0.05) is 19.0 Å². The number of aromatic nitrogens is 3. The van der Waals surface area contributed by atoms with Crippen molar-refractivity contribution in [2.24, 2.45) is 5.92 Å². The van der Waals surface area contributed by atoms with Crippen molar-refractivity contribution in [3.05, 3.63) is 12.2 Å². The summed E-state index contributed by atoms with van der Waals surface area (Å²) in [6, 6.07) is 0.615. The zero-order chi connectivity index (χ0) is 13.5. The minimum Gasteiger partial charge on any atom is -0.314 e. The molecule has 1 aliphatic heterocycles. The Bertz CT molecular complexity index is 338. The van der Waals surface area contributed by atoms with Gasteiger partial charge in [-0.1, -0.05) is 6.92 Å². The second kappa shape index (κ2) is 7.60. The molecule has 2 rings (SSSR count). The molecule has 5 heteroatoms. The monoisotopic (exact) mass is 265 g/mol. The Morgan fingerprint density at radius 1 is 1.58 bits per heavy atom. The summed E-state index contributed by atoms with van der Waals surface area (Å²) < 4.78 is 0. The van der Waals surface area contributed by atoms with Crippen LogP contribution in [0.25, 0.3) is 0 Å². The third kappa shape index (κ3) is 4.58. The number of aromatic amines is 1. The van der Waals surface area contributed by atoms with E-state index in [9.17, 15) is 0 Å². The predicted octanol–water partition coefficient (Wildman–Crippen LogP) is 1.45. The fourth-order valence-corrected chi connectivity index (χ4v) is 2.89. The summed E-state index contributed by atoms with van der Waals surface area (Å²) in [6.07, 6.45) is 6.39. The van der Waals surface area contributed by atoms with Crippen molar-refractivity contribution in [2.45, 2.75) is 45.6 Å². The lowest BCUT2D eigenvalue weighted by Crippen LogP contribution is -2.44. The van der Waals surface area contributed by atoms with Crippen molar-refractivity contribution in [1.29, 1.82) is 0 Å². The van der Waals surface area contributed by atoms with Crippen LogP contribution < -0.4 is 5.32 Å². The fraction of sp³-hybridized carbons (Fsp3) is 0.857. The maximum atomic E-state index is 4.14. The van der Waals surface area contributed by atoms with Gasteiger partial charge in [-0.15, -0.1) is 0 Å². The Morgan fingerprint density at radius 3 is 3.21 bits per heavy atom. The molecule has 0 aromatic carbocycles. The number of likely N-dealkylation sites (tertiary alicyclic amines) is 1. The molecule has 2 atom stereocenters. The van der Waals surface area contributed by atoms with Gasteiger partial charge in [-0.2, -0.15) is 5.10 Å². The fourth-order valence-electron chi connectivity index (χ4n) is 2.89. The molecule has 1 aliphatic rings. The van der Waals surface area contributed by atoms with Crippen LogP contribution in [0.15, 0.2) is 6.33 Å². The molecule has 0 bridgehead atoms. The summed E-state index contributed by atoms with van der Waals surface area (Å²) in [5.74, 6) is 1.79. The highest BCUT2D eigenvalue weighted by Crippen LogP contribution is 2.19. The van der Waals surface area contributed by atoms with Crippen LogP contribution in [0.3, 0.4) is 0 Å². The Kier molecular flexibility index (Phi) is 5.79. The molecule has 0 spiro atoms. The lowest BCUT2D eigenvalue weighted by molar-refractivity contribution is 0.157. The van der Waals surface area contributed by atoms with Crippen LogP contribution in [0.5, 0.6) is 0 Å². The molecule has 1 fully saturated rings. The maximum Gasteiger partial charge on any atom is 0.137 e. The van der Waals surface area contributed by atoms with E-state index in [0.29, 0.717) is 6.04 Å². The molecule has 0 amide bonds. The number of aryl methyl sites for hydroxylation is 1. The molecule has 0 radical (unpaired) electrons. The van der Waals surface area contributed by atoms with Crippen LogP contribution in [0, 0.1) is 5.92 Å². The van der Waals surface area contributed by atoms with Gasteiger partial charge in [-0.3, -0.25) is 5.10 Å². The van der Waals surface area contributed by atoms with E-state index in [1.165, 1.54) is 32.5 Å². The van der Waals surface area contributed by atoms with Crippen molar-refractivity contribution in [2.75, 3.05) is 26.2 Å². The zero-order valence-corrected chi connectivity index (χ0v) is 12.2. The van der Waals surface area contributed by atoms with E-state index in [1.54, 1.807) is 6.33 Å². The third-order valence-electron chi connectivity index (χ3n) is 4.22. The summed E-state index contributed by atoms with van der Waals surface area (Å²) >= 11 is 0. The van der Waals surface area contributed by atoms with Crippen LogP contribution in [0.4, 0.5) is 0 Å². The Labute approximate surface area is 116 Å². The molecule has 108 valence electrons. The average molecular weight is 265 g/mol. The van der Waals surface area contributed by atoms with Gasteiger partial charge < -0.3 is 10.2 Å². The van der Waals surface area contributed by atoms with Crippen molar-refractivity contribution in [3.8, 4) is 0 Å². The Hall–Kier alpha value is -0.940. The molecule has 2 N–H and O–H groups in total. The third-order valence-corrected chi connectivity index (χ3v) is 4.22. The SMILES string of the molecule is CCN1CCCC(C(C)NCCCc2ncn[nH]2)C1. The summed E-state index contributed by atoms with van der Waals surface area (Å²) in [5.41, 5.74) is 0. The molecular formula is C14H27N5. The van der Waals surface area contributed by atoms with Crippen LogP contribution in [-0.4, -0.2) is 52.3 Å². The number of rotatable bonds is 7. The molecule has 0 aliphatic carbocycles. The van der Waals surface area contributed by atoms with E-state index in [4.69, 9.17) is 0 Å². The first-order valence-corrected chi connectivity index (χ1v) is 7.59. The second-order valence-corrected chi connectivity index (χ2v) is 5.57. The van der Waals surface area contributed by atoms with E-state index in [2.05, 4.69) is 39.2 Å². The van der Waals surface area contributed by atoms with Gasteiger partial charge in [0.05, 0.1) is 0 Å². The number of nitrogens with zero attached hydrogens (tertiary/aromatic N) is 3. The van der Waals surface area contributed by atoms with Gasteiger partial charge in [0.25, 0.3) is 0 Å². The predicted molar refractivity (Wildman–Crippen MR) is 77.0 cm³/mol. The summed E-state index contributed by atoms with van der Waals surface area (Å²) in [5, 5.41) is 10.4. The summed E-state index contributed by atoms with van der Waals surface area (Å²) in [4.78, 5) is 6.71. The van der Waals surface area contributed by atoms with Crippen LogP contribution in [0.1, 0.15) is 38.9 Å². The molecule has 0 saturated carbocycles. The van der Waals surface area contributed by atoms with E-state index < -0.39 is 0 Å². The molecule has 1 aromatic rings. The number of hydrogen-bond donors (Lipinski definition) is 2. The normalized spacial score (nSPS) is 22.5. The number of hydrogen-bond acceptors (Lipinski definition) is 4. The standard InChI is InChI=1S/C14H27N5/c1-3-19-9-5-6-13(10-19)12(2)15-8-4-7-14-16-11-17-18-14/h11-13,15H,3-10H2,1-2H3,(H,16,17,18). The zero-order valence-electron chi connectivity index (χ0n) is 12.2. The highest BCUT2D eigenvalue weighted by atomic mass is 15.2. The van der Waals surface area contributed by atoms with Gasteiger partial charge in [0.2, 0.25) is 0 Å². The molecular weight excluding hydrogens is 238 g/mol. The van der Waals surface area contributed by atoms with Gasteiger partial charge in [-0.25, -0.2) is 4.98 Å². The molecule has 2 unspecified atom stereocenters. The Morgan fingerprint density at radius 2 is 2.47 bits per heavy atom. The van der Waals surface area contributed by atoms with Crippen LogP contribution in [-0.2, 0) is 6.42 Å². The molecule has 1 saturated heterocycles. The minimum absolute atomic E-state index is 0.615. The van der Waals surface area contributed by atoms with Crippen LogP contribution in [0.2, 0.25) is 0 Å². The number of nitrogens with one attached hydrogen (secondary N) is 2. The number of H-pyrrole nitrogens is 1. The highest BCUT2D eigenvalue weighted by molar-refractivity contribution is 4.82. The lowest BCUT2D eigenvalue weighted by Gasteiger charge is -2.35. The topological polar surface area (TPSA) is 56.8 Å². The van der Waals surface area contributed by atoms with Crippen LogP contribution >= 0.6 is 0 Å². The highest BCUT2D eigenvalue weighted by Gasteiger charge is 2.23. The Balaban J connectivity index is 1.62. The van der Waals surface area contributed by atoms with Crippen molar-refractivity contribution < 1.29 is 0 Å².